The second kappa shape index (κ2) is 8.06. The topological polar surface area (TPSA) is 15.3 Å². The average molecular weight is 292 g/mol. The van der Waals surface area contributed by atoms with E-state index in [-0.39, 0.29) is 0 Å². The highest BCUT2D eigenvalue weighted by atomic mass is 32.2. The van der Waals surface area contributed by atoms with Crippen LogP contribution in [0.4, 0.5) is 0 Å². The predicted octanol–water partition coefficient (Wildman–Crippen LogP) is 3.49. The van der Waals surface area contributed by atoms with Gasteiger partial charge in [0.1, 0.15) is 0 Å². The standard InChI is InChI=1S/C17H28N2S/c1-4-14(2)17-13-19(15(3)12-18-17)10-11-20-16-8-6-5-7-9-16/h5-9,14-15,17-18H,4,10-13H2,1-3H3. The minimum absolute atomic E-state index is 0.659. The first-order chi connectivity index (χ1) is 9.70. The Labute approximate surface area is 128 Å². The molecule has 0 bridgehead atoms. The van der Waals surface area contributed by atoms with Crippen molar-refractivity contribution in [3.63, 3.8) is 0 Å². The Morgan fingerprint density at radius 2 is 2.10 bits per heavy atom. The Morgan fingerprint density at radius 3 is 2.80 bits per heavy atom. The first-order valence-corrected chi connectivity index (χ1v) is 8.84. The molecule has 3 unspecified atom stereocenters. The average Bonchev–Trinajstić information content (AvgIpc) is 2.49. The van der Waals surface area contributed by atoms with E-state index >= 15 is 0 Å². The van der Waals surface area contributed by atoms with E-state index < -0.39 is 0 Å². The van der Waals surface area contributed by atoms with Gasteiger partial charge in [-0.1, -0.05) is 38.5 Å². The van der Waals surface area contributed by atoms with E-state index in [1.165, 1.54) is 30.2 Å². The van der Waals surface area contributed by atoms with E-state index in [1.807, 2.05) is 11.8 Å². The van der Waals surface area contributed by atoms with Crippen molar-refractivity contribution in [1.82, 2.24) is 10.2 Å². The summed E-state index contributed by atoms with van der Waals surface area (Å²) in [5.41, 5.74) is 0. The fourth-order valence-corrected chi connectivity index (χ4v) is 3.63. The van der Waals surface area contributed by atoms with Crippen LogP contribution in [-0.4, -0.2) is 42.4 Å². The van der Waals surface area contributed by atoms with Gasteiger partial charge >= 0.3 is 0 Å². The molecule has 0 aromatic heterocycles. The fraction of sp³-hybridized carbons (Fsp3) is 0.647. The third-order valence-corrected chi connectivity index (χ3v) is 5.44. The number of rotatable bonds is 6. The second-order valence-corrected chi connectivity index (χ2v) is 7.07. The lowest BCUT2D eigenvalue weighted by Crippen LogP contribution is -2.57. The Kier molecular flexibility index (Phi) is 6.40. The maximum atomic E-state index is 3.71. The number of benzene rings is 1. The molecule has 1 N–H and O–H groups in total. The molecular formula is C17H28N2S. The number of hydrogen-bond donors (Lipinski definition) is 1. The predicted molar refractivity (Wildman–Crippen MR) is 89.4 cm³/mol. The first kappa shape index (κ1) is 15.9. The molecule has 2 rings (SSSR count). The van der Waals surface area contributed by atoms with Crippen LogP contribution in [0, 0.1) is 5.92 Å². The maximum absolute atomic E-state index is 3.71. The van der Waals surface area contributed by atoms with Crippen molar-refractivity contribution in [3.05, 3.63) is 30.3 Å². The lowest BCUT2D eigenvalue weighted by molar-refractivity contribution is 0.126. The summed E-state index contributed by atoms with van der Waals surface area (Å²) in [5.74, 6) is 1.95. The van der Waals surface area contributed by atoms with Gasteiger partial charge in [-0.05, 0) is 25.0 Å². The zero-order valence-electron chi connectivity index (χ0n) is 13.0. The summed E-state index contributed by atoms with van der Waals surface area (Å²) in [6.45, 7) is 10.5. The van der Waals surface area contributed by atoms with Crippen LogP contribution in [-0.2, 0) is 0 Å². The van der Waals surface area contributed by atoms with Crippen LogP contribution in [0.3, 0.4) is 0 Å². The highest BCUT2D eigenvalue weighted by molar-refractivity contribution is 7.99. The fourth-order valence-electron chi connectivity index (χ4n) is 2.72. The molecule has 3 atom stereocenters. The normalized spacial score (nSPS) is 25.6. The van der Waals surface area contributed by atoms with Gasteiger partial charge in [0.2, 0.25) is 0 Å². The van der Waals surface area contributed by atoms with E-state index in [0.29, 0.717) is 12.1 Å². The van der Waals surface area contributed by atoms with Gasteiger partial charge in [0.05, 0.1) is 0 Å². The summed E-state index contributed by atoms with van der Waals surface area (Å²) in [6, 6.07) is 12.1. The molecular weight excluding hydrogens is 264 g/mol. The quantitative estimate of drug-likeness (QED) is 0.808. The molecule has 20 heavy (non-hydrogen) atoms. The summed E-state index contributed by atoms with van der Waals surface area (Å²) < 4.78 is 0. The highest BCUT2D eigenvalue weighted by Gasteiger charge is 2.27. The molecule has 1 saturated heterocycles. The Morgan fingerprint density at radius 1 is 1.35 bits per heavy atom. The van der Waals surface area contributed by atoms with Gasteiger partial charge in [-0.15, -0.1) is 11.8 Å². The Bertz CT molecular complexity index is 382. The van der Waals surface area contributed by atoms with E-state index in [1.54, 1.807) is 0 Å². The Hall–Kier alpha value is -0.510. The number of piperazine rings is 1. The monoisotopic (exact) mass is 292 g/mol. The van der Waals surface area contributed by atoms with Crippen molar-refractivity contribution in [2.75, 3.05) is 25.4 Å². The molecule has 1 fully saturated rings. The summed E-state index contributed by atoms with van der Waals surface area (Å²) in [6.07, 6.45) is 1.26. The zero-order valence-corrected chi connectivity index (χ0v) is 13.8. The van der Waals surface area contributed by atoms with Crippen molar-refractivity contribution >= 4 is 11.8 Å². The third kappa shape index (κ3) is 4.51. The minimum atomic E-state index is 0.659. The van der Waals surface area contributed by atoms with E-state index in [9.17, 15) is 0 Å². The van der Waals surface area contributed by atoms with E-state index in [2.05, 4.69) is 61.3 Å². The molecule has 1 heterocycles. The number of nitrogens with one attached hydrogen (secondary N) is 1. The molecule has 0 aliphatic carbocycles. The van der Waals surface area contributed by atoms with E-state index in [0.717, 1.165) is 12.5 Å². The van der Waals surface area contributed by atoms with Crippen LogP contribution < -0.4 is 5.32 Å². The number of thioether (sulfide) groups is 1. The third-order valence-electron chi connectivity index (χ3n) is 4.45. The zero-order chi connectivity index (χ0) is 14.4. The van der Waals surface area contributed by atoms with Crippen LogP contribution in [0.5, 0.6) is 0 Å². The highest BCUT2D eigenvalue weighted by Crippen LogP contribution is 2.19. The number of nitrogens with zero attached hydrogens (tertiary/aromatic N) is 1. The molecule has 0 spiro atoms. The van der Waals surface area contributed by atoms with Crippen molar-refractivity contribution in [2.24, 2.45) is 5.92 Å². The molecule has 1 aliphatic heterocycles. The lowest BCUT2D eigenvalue weighted by Gasteiger charge is -2.41. The summed E-state index contributed by atoms with van der Waals surface area (Å²) in [7, 11) is 0. The van der Waals surface area contributed by atoms with Gasteiger partial charge in [0.25, 0.3) is 0 Å². The van der Waals surface area contributed by atoms with Crippen molar-refractivity contribution < 1.29 is 0 Å². The molecule has 1 aromatic carbocycles. The van der Waals surface area contributed by atoms with Gasteiger partial charge in [-0.25, -0.2) is 0 Å². The number of hydrogen-bond acceptors (Lipinski definition) is 3. The molecule has 1 aliphatic rings. The summed E-state index contributed by atoms with van der Waals surface area (Å²) in [4.78, 5) is 4.04. The van der Waals surface area contributed by atoms with Crippen LogP contribution >= 0.6 is 11.8 Å². The largest absolute Gasteiger partial charge is 0.311 e. The lowest BCUT2D eigenvalue weighted by atomic mass is 9.96. The summed E-state index contributed by atoms with van der Waals surface area (Å²) >= 11 is 1.97. The second-order valence-electron chi connectivity index (χ2n) is 5.91. The molecule has 2 nitrogen and oxygen atoms in total. The maximum Gasteiger partial charge on any atom is 0.0221 e. The summed E-state index contributed by atoms with van der Waals surface area (Å²) in [5, 5.41) is 3.71. The van der Waals surface area contributed by atoms with Crippen LogP contribution in [0.25, 0.3) is 0 Å². The first-order valence-electron chi connectivity index (χ1n) is 7.86. The molecule has 0 amide bonds. The molecule has 1 aromatic rings. The molecule has 3 heteroatoms. The van der Waals surface area contributed by atoms with Crippen LogP contribution in [0.1, 0.15) is 27.2 Å². The van der Waals surface area contributed by atoms with Gasteiger partial charge in [0, 0.05) is 42.4 Å². The van der Waals surface area contributed by atoms with Gasteiger partial charge in [-0.2, -0.15) is 0 Å². The van der Waals surface area contributed by atoms with E-state index in [4.69, 9.17) is 0 Å². The van der Waals surface area contributed by atoms with Gasteiger partial charge in [-0.3, -0.25) is 4.90 Å². The van der Waals surface area contributed by atoms with Crippen molar-refractivity contribution in [3.8, 4) is 0 Å². The smallest absolute Gasteiger partial charge is 0.0221 e. The SMILES string of the molecule is CCC(C)C1CN(CCSc2ccccc2)C(C)CN1. The van der Waals surface area contributed by atoms with Gasteiger partial charge in [0.15, 0.2) is 0 Å². The van der Waals surface area contributed by atoms with Crippen molar-refractivity contribution in [1.29, 1.82) is 0 Å². The molecule has 0 saturated carbocycles. The minimum Gasteiger partial charge on any atom is -0.311 e. The van der Waals surface area contributed by atoms with Gasteiger partial charge < -0.3 is 5.32 Å². The Balaban J connectivity index is 1.78. The van der Waals surface area contributed by atoms with Crippen LogP contribution in [0.15, 0.2) is 35.2 Å². The molecule has 0 radical (unpaired) electrons. The van der Waals surface area contributed by atoms with Crippen LogP contribution in [0.2, 0.25) is 0 Å². The molecule has 112 valence electrons. The van der Waals surface area contributed by atoms with Crippen molar-refractivity contribution in [2.45, 2.75) is 44.2 Å².